The summed E-state index contributed by atoms with van der Waals surface area (Å²) in [6.07, 6.45) is 5.03. The molecule has 8 heteroatoms. The van der Waals surface area contributed by atoms with Crippen LogP contribution in [0.25, 0.3) is 5.69 Å². The number of carbonyl (C=O) groups is 1. The summed E-state index contributed by atoms with van der Waals surface area (Å²) in [7, 11) is 0. The summed E-state index contributed by atoms with van der Waals surface area (Å²) in [4.78, 5) is 16.4. The second-order valence-electron chi connectivity index (χ2n) is 5.66. The number of carbonyl (C=O) groups excluding carboxylic acids is 1. The van der Waals surface area contributed by atoms with Crippen LogP contribution in [0.5, 0.6) is 0 Å². The Bertz CT molecular complexity index is 869. The van der Waals surface area contributed by atoms with E-state index < -0.39 is 0 Å². The van der Waals surface area contributed by atoms with Gasteiger partial charge in [0, 0.05) is 11.3 Å². The molecule has 2 heterocycles. The van der Waals surface area contributed by atoms with E-state index >= 15 is 0 Å². The minimum absolute atomic E-state index is 0.279. The van der Waals surface area contributed by atoms with Crippen LogP contribution >= 0.6 is 0 Å². The first-order chi connectivity index (χ1) is 11.7. The van der Waals surface area contributed by atoms with E-state index in [0.29, 0.717) is 5.69 Å². The van der Waals surface area contributed by atoms with Gasteiger partial charge in [0.2, 0.25) is 5.95 Å². The number of benzene rings is 1. The monoisotopic (exact) mass is 326 g/mol. The number of H-pyrrole nitrogens is 1. The van der Waals surface area contributed by atoms with Gasteiger partial charge in [-0.2, -0.15) is 15.2 Å². The molecule has 0 radical (unpaired) electrons. The fraction of sp³-hybridized carbons (Fsp3) is 0.250. The topological polar surface area (TPSA) is 88.5 Å². The number of nitrogens with zero attached hydrogens (tertiary/aromatic N) is 4. The van der Waals surface area contributed by atoms with Crippen molar-refractivity contribution in [3.63, 3.8) is 0 Å². The maximum Gasteiger partial charge on any atom is 0.278 e. The van der Waals surface area contributed by atoms with Crippen LogP contribution in [0, 0.1) is 5.82 Å². The summed E-state index contributed by atoms with van der Waals surface area (Å²) in [5.74, 6) is -0.352. The number of anilines is 1. The Balaban J connectivity index is 1.74. The molecule has 2 aromatic heterocycles. The van der Waals surface area contributed by atoms with Crippen molar-refractivity contribution >= 4 is 11.9 Å². The van der Waals surface area contributed by atoms with Crippen molar-refractivity contribution in [3.8, 4) is 5.69 Å². The summed E-state index contributed by atoms with van der Waals surface area (Å²) < 4.78 is 14.9. The van der Waals surface area contributed by atoms with Crippen molar-refractivity contribution in [1.82, 2.24) is 25.0 Å². The van der Waals surface area contributed by atoms with Gasteiger partial charge in [-0.05, 0) is 49.9 Å². The zero-order chi connectivity index (χ0) is 16.5. The van der Waals surface area contributed by atoms with Gasteiger partial charge < -0.3 is 0 Å². The minimum Gasteiger partial charge on any atom is -0.289 e. The zero-order valence-electron chi connectivity index (χ0n) is 12.8. The normalized spacial score (nSPS) is 13.5. The molecule has 0 unspecified atom stereocenters. The molecule has 1 aliphatic carbocycles. The molecule has 0 fully saturated rings. The van der Waals surface area contributed by atoms with Gasteiger partial charge in [0.15, 0.2) is 5.69 Å². The molecule has 0 saturated heterocycles. The lowest BCUT2D eigenvalue weighted by atomic mass is 9.95. The predicted molar refractivity (Wildman–Crippen MR) is 84.5 cm³/mol. The zero-order valence-corrected chi connectivity index (χ0v) is 12.8. The van der Waals surface area contributed by atoms with Gasteiger partial charge in [0.25, 0.3) is 5.91 Å². The fourth-order valence-corrected chi connectivity index (χ4v) is 3.01. The largest absolute Gasteiger partial charge is 0.289 e. The smallest absolute Gasteiger partial charge is 0.278 e. The van der Waals surface area contributed by atoms with Gasteiger partial charge in [-0.25, -0.2) is 14.2 Å². The van der Waals surface area contributed by atoms with Gasteiger partial charge in [0.1, 0.15) is 12.1 Å². The van der Waals surface area contributed by atoms with Gasteiger partial charge in [-0.1, -0.05) is 0 Å². The molecule has 7 nitrogen and oxygen atoms in total. The first kappa shape index (κ1) is 14.6. The first-order valence-electron chi connectivity index (χ1n) is 7.76. The van der Waals surface area contributed by atoms with Crippen molar-refractivity contribution < 1.29 is 9.18 Å². The number of hydrogen-bond donors (Lipinski definition) is 2. The van der Waals surface area contributed by atoms with Crippen LogP contribution in [0.2, 0.25) is 0 Å². The summed E-state index contributed by atoms with van der Waals surface area (Å²) in [5.41, 5.74) is 3.08. The van der Waals surface area contributed by atoms with Gasteiger partial charge in [-0.15, -0.1) is 0 Å². The number of hydrogen-bond acceptors (Lipinski definition) is 4. The Hall–Kier alpha value is -3.03. The Labute approximate surface area is 136 Å². The molecule has 0 spiro atoms. The van der Waals surface area contributed by atoms with Crippen LogP contribution in [-0.4, -0.2) is 30.9 Å². The summed E-state index contributed by atoms with van der Waals surface area (Å²) in [6.45, 7) is 0. The fourth-order valence-electron chi connectivity index (χ4n) is 3.01. The number of nitrogens with one attached hydrogen (secondary N) is 2. The van der Waals surface area contributed by atoms with Crippen LogP contribution in [0.1, 0.15) is 34.6 Å². The molecule has 1 aromatic carbocycles. The van der Waals surface area contributed by atoms with Gasteiger partial charge >= 0.3 is 0 Å². The molecule has 3 aromatic rings. The van der Waals surface area contributed by atoms with Gasteiger partial charge in [-0.3, -0.25) is 10.1 Å². The first-order valence-corrected chi connectivity index (χ1v) is 7.76. The Morgan fingerprint density at radius 2 is 2.00 bits per heavy atom. The lowest BCUT2D eigenvalue weighted by Gasteiger charge is -2.14. The molecule has 0 saturated carbocycles. The third-order valence-electron chi connectivity index (χ3n) is 4.11. The van der Waals surface area contributed by atoms with Crippen LogP contribution < -0.4 is 5.32 Å². The molecular formula is C16H15FN6O. The molecule has 0 bridgehead atoms. The lowest BCUT2D eigenvalue weighted by Crippen LogP contribution is -2.16. The van der Waals surface area contributed by atoms with Crippen LogP contribution in [-0.2, 0) is 12.8 Å². The van der Waals surface area contributed by atoms with Crippen molar-refractivity contribution in [2.75, 3.05) is 5.32 Å². The Morgan fingerprint density at radius 1 is 1.21 bits per heavy atom. The van der Waals surface area contributed by atoms with Gasteiger partial charge in [0.05, 0.1) is 5.69 Å². The average Bonchev–Trinajstić information content (AvgIpc) is 3.23. The second kappa shape index (κ2) is 5.88. The van der Waals surface area contributed by atoms with Crippen molar-refractivity contribution in [2.24, 2.45) is 0 Å². The Morgan fingerprint density at radius 3 is 2.75 bits per heavy atom. The van der Waals surface area contributed by atoms with Crippen molar-refractivity contribution in [2.45, 2.75) is 25.7 Å². The lowest BCUT2D eigenvalue weighted by molar-refractivity contribution is 0.102. The molecule has 1 amide bonds. The van der Waals surface area contributed by atoms with E-state index in [-0.39, 0.29) is 17.7 Å². The van der Waals surface area contributed by atoms with Crippen LogP contribution in [0.15, 0.2) is 30.6 Å². The summed E-state index contributed by atoms with van der Waals surface area (Å²) in [6, 6.07) is 6.10. The van der Waals surface area contributed by atoms with Crippen LogP contribution in [0.4, 0.5) is 10.3 Å². The number of amides is 1. The van der Waals surface area contributed by atoms with E-state index in [0.717, 1.165) is 42.6 Å². The molecular weight excluding hydrogens is 311 g/mol. The quantitative estimate of drug-likeness (QED) is 0.773. The maximum atomic E-state index is 13.2. The number of fused-ring (bicyclic) bond motifs is 1. The highest BCUT2D eigenvalue weighted by Crippen LogP contribution is 2.27. The summed E-state index contributed by atoms with van der Waals surface area (Å²) in [5, 5.41) is 13.4. The Kier molecular flexibility index (Phi) is 3.56. The highest BCUT2D eigenvalue weighted by Gasteiger charge is 2.26. The maximum absolute atomic E-state index is 13.2. The third-order valence-corrected chi connectivity index (χ3v) is 4.11. The second-order valence-corrected chi connectivity index (χ2v) is 5.66. The molecule has 1 aliphatic rings. The van der Waals surface area contributed by atoms with E-state index in [1.54, 1.807) is 16.8 Å². The standard InChI is InChI=1S/C16H15FN6O/c17-10-5-7-11(8-6-10)23-13-4-2-1-3-12(13)14(22-23)15(24)20-16-18-9-19-21-16/h5-9H,1-4H2,(H2,18,19,20,21,24). The molecule has 24 heavy (non-hydrogen) atoms. The predicted octanol–water partition coefficient (Wildman–Crippen LogP) is 2.26. The van der Waals surface area contributed by atoms with E-state index in [1.165, 1.54) is 18.5 Å². The van der Waals surface area contributed by atoms with E-state index in [1.807, 2.05) is 0 Å². The van der Waals surface area contributed by atoms with Crippen LogP contribution in [0.3, 0.4) is 0 Å². The number of halogens is 1. The van der Waals surface area contributed by atoms with E-state index in [4.69, 9.17) is 0 Å². The third kappa shape index (κ3) is 2.55. The highest BCUT2D eigenvalue weighted by atomic mass is 19.1. The molecule has 0 aliphatic heterocycles. The number of aromatic nitrogens is 5. The average molecular weight is 326 g/mol. The SMILES string of the molecule is O=C(Nc1ncn[nH]1)c1nn(-c2ccc(F)cc2)c2c1CCCC2. The van der Waals surface area contributed by atoms with Crippen molar-refractivity contribution in [1.29, 1.82) is 0 Å². The molecule has 2 N–H and O–H groups in total. The molecule has 0 atom stereocenters. The van der Waals surface area contributed by atoms with E-state index in [2.05, 4.69) is 25.6 Å². The highest BCUT2D eigenvalue weighted by molar-refractivity contribution is 6.03. The summed E-state index contributed by atoms with van der Waals surface area (Å²) >= 11 is 0. The number of aromatic amines is 1. The molecule has 122 valence electrons. The van der Waals surface area contributed by atoms with E-state index in [9.17, 15) is 9.18 Å². The van der Waals surface area contributed by atoms with Crippen molar-refractivity contribution in [3.05, 3.63) is 53.4 Å². The molecule has 4 rings (SSSR count). The minimum atomic E-state index is -0.328. The number of rotatable bonds is 3.